The van der Waals surface area contributed by atoms with Crippen LogP contribution in [-0.2, 0) is 11.4 Å². The molecule has 1 aromatic heterocycles. The van der Waals surface area contributed by atoms with Crippen LogP contribution in [0.15, 0.2) is 52.9 Å². The third kappa shape index (κ3) is 3.98. The van der Waals surface area contributed by atoms with E-state index in [2.05, 4.69) is 0 Å². The van der Waals surface area contributed by atoms with E-state index in [1.165, 1.54) is 6.07 Å². The molecule has 2 N–H and O–H groups in total. The number of ether oxygens (including phenoxy) is 3. The summed E-state index contributed by atoms with van der Waals surface area (Å²) in [6.45, 7) is 0.0225. The SMILES string of the molecule is COc1ccc(-c2ccc(OCc3cc([C]=O)oc3C(N)=O)cc2)c(OC)c1. The molecule has 0 saturated carbocycles. The lowest BCUT2D eigenvalue weighted by Crippen LogP contribution is -2.12. The third-order valence-corrected chi connectivity index (χ3v) is 4.10. The Balaban J connectivity index is 1.76. The molecule has 3 aromatic rings. The molecule has 3 rings (SSSR count). The maximum absolute atomic E-state index is 11.4. The fourth-order valence-corrected chi connectivity index (χ4v) is 2.72. The van der Waals surface area contributed by atoms with Crippen molar-refractivity contribution < 1.29 is 28.2 Å². The van der Waals surface area contributed by atoms with Crippen LogP contribution in [0, 0.1) is 0 Å². The van der Waals surface area contributed by atoms with Crippen LogP contribution in [0.25, 0.3) is 11.1 Å². The van der Waals surface area contributed by atoms with Gasteiger partial charge in [0.2, 0.25) is 0 Å². The summed E-state index contributed by atoms with van der Waals surface area (Å²) < 4.78 is 21.4. The molecule has 1 radical (unpaired) electrons. The number of hydrogen-bond donors (Lipinski definition) is 1. The Morgan fingerprint density at radius 2 is 1.75 bits per heavy atom. The molecule has 7 heteroatoms. The van der Waals surface area contributed by atoms with Gasteiger partial charge in [-0.3, -0.25) is 9.59 Å². The van der Waals surface area contributed by atoms with E-state index in [-0.39, 0.29) is 18.1 Å². The van der Waals surface area contributed by atoms with Crippen LogP contribution in [0.1, 0.15) is 21.9 Å². The summed E-state index contributed by atoms with van der Waals surface area (Å²) in [6, 6.07) is 14.3. The lowest BCUT2D eigenvalue weighted by atomic mass is 10.0. The molecule has 143 valence electrons. The second-order valence-electron chi connectivity index (χ2n) is 5.81. The molecule has 0 aliphatic carbocycles. The zero-order chi connectivity index (χ0) is 20.1. The first-order valence-electron chi connectivity index (χ1n) is 8.31. The summed E-state index contributed by atoms with van der Waals surface area (Å²) in [4.78, 5) is 22.1. The Morgan fingerprint density at radius 1 is 1.04 bits per heavy atom. The topological polar surface area (TPSA) is 101 Å². The van der Waals surface area contributed by atoms with Gasteiger partial charge in [-0.2, -0.15) is 0 Å². The summed E-state index contributed by atoms with van der Waals surface area (Å²) in [5.41, 5.74) is 7.47. The highest BCUT2D eigenvalue weighted by molar-refractivity contribution is 5.92. The van der Waals surface area contributed by atoms with Gasteiger partial charge < -0.3 is 24.4 Å². The Labute approximate surface area is 161 Å². The van der Waals surface area contributed by atoms with Crippen molar-refractivity contribution in [1.29, 1.82) is 0 Å². The van der Waals surface area contributed by atoms with Gasteiger partial charge in [0.15, 0.2) is 11.5 Å². The van der Waals surface area contributed by atoms with Crippen molar-refractivity contribution in [3.63, 3.8) is 0 Å². The Kier molecular flexibility index (Phi) is 5.64. The van der Waals surface area contributed by atoms with Gasteiger partial charge in [0.05, 0.1) is 14.2 Å². The minimum atomic E-state index is -0.776. The summed E-state index contributed by atoms with van der Waals surface area (Å²) in [6.07, 6.45) is 1.58. The molecule has 0 bridgehead atoms. The number of methoxy groups -OCH3 is 2. The number of carbonyl (C=O) groups excluding carboxylic acids is 2. The molecule has 1 heterocycles. The highest BCUT2D eigenvalue weighted by Gasteiger charge is 2.17. The zero-order valence-corrected chi connectivity index (χ0v) is 15.4. The number of benzene rings is 2. The summed E-state index contributed by atoms with van der Waals surface area (Å²) >= 11 is 0. The van der Waals surface area contributed by atoms with Crippen LogP contribution in [0.5, 0.6) is 17.2 Å². The van der Waals surface area contributed by atoms with E-state index in [0.717, 1.165) is 11.1 Å². The first-order chi connectivity index (χ1) is 13.5. The fourth-order valence-electron chi connectivity index (χ4n) is 2.72. The largest absolute Gasteiger partial charge is 0.497 e. The van der Waals surface area contributed by atoms with E-state index in [4.69, 9.17) is 24.4 Å². The molecule has 2 aromatic carbocycles. The number of nitrogens with two attached hydrogens (primary N) is 1. The van der Waals surface area contributed by atoms with Gasteiger partial charge in [0.1, 0.15) is 23.9 Å². The number of primary amides is 1. The molecule has 0 saturated heterocycles. The molecule has 0 spiro atoms. The summed E-state index contributed by atoms with van der Waals surface area (Å²) in [7, 11) is 3.20. The number of amides is 1. The summed E-state index contributed by atoms with van der Waals surface area (Å²) in [5, 5.41) is 0. The van der Waals surface area contributed by atoms with Crippen molar-refractivity contribution in [3.8, 4) is 28.4 Å². The normalized spacial score (nSPS) is 10.4. The number of carbonyl (C=O) groups is 1. The number of furan rings is 1. The average Bonchev–Trinajstić information content (AvgIpc) is 3.16. The van der Waals surface area contributed by atoms with Crippen LogP contribution in [0.4, 0.5) is 0 Å². The Bertz CT molecular complexity index is 991. The van der Waals surface area contributed by atoms with Crippen molar-refractivity contribution in [2.24, 2.45) is 5.73 Å². The average molecular weight is 380 g/mol. The maximum atomic E-state index is 11.4. The molecular weight excluding hydrogens is 362 g/mol. The van der Waals surface area contributed by atoms with Crippen molar-refractivity contribution in [3.05, 3.63) is 65.6 Å². The lowest BCUT2D eigenvalue weighted by Gasteiger charge is -2.11. The smallest absolute Gasteiger partial charge is 0.284 e. The highest BCUT2D eigenvalue weighted by Crippen LogP contribution is 2.34. The third-order valence-electron chi connectivity index (χ3n) is 4.10. The van der Waals surface area contributed by atoms with Crippen LogP contribution in [-0.4, -0.2) is 26.4 Å². The van der Waals surface area contributed by atoms with E-state index in [9.17, 15) is 9.59 Å². The van der Waals surface area contributed by atoms with E-state index < -0.39 is 5.91 Å². The van der Waals surface area contributed by atoms with Crippen molar-refractivity contribution in [2.45, 2.75) is 6.61 Å². The molecule has 0 atom stereocenters. The molecule has 0 aliphatic rings. The minimum Gasteiger partial charge on any atom is -0.497 e. The first kappa shape index (κ1) is 19.0. The second-order valence-corrected chi connectivity index (χ2v) is 5.81. The van der Waals surface area contributed by atoms with Crippen LogP contribution >= 0.6 is 0 Å². The Hall–Kier alpha value is -3.74. The van der Waals surface area contributed by atoms with Crippen LogP contribution in [0.2, 0.25) is 0 Å². The van der Waals surface area contributed by atoms with Crippen molar-refractivity contribution >= 4 is 12.2 Å². The molecule has 0 aliphatic heterocycles. The molecular formula is C21H18NO6. The highest BCUT2D eigenvalue weighted by atomic mass is 16.5. The van der Waals surface area contributed by atoms with E-state index in [1.807, 2.05) is 30.3 Å². The van der Waals surface area contributed by atoms with Crippen LogP contribution < -0.4 is 19.9 Å². The predicted molar refractivity (Wildman–Crippen MR) is 101 cm³/mol. The van der Waals surface area contributed by atoms with Gasteiger partial charge in [-0.1, -0.05) is 12.1 Å². The van der Waals surface area contributed by atoms with Gasteiger partial charge in [0, 0.05) is 17.2 Å². The molecule has 0 fully saturated rings. The van der Waals surface area contributed by atoms with E-state index >= 15 is 0 Å². The predicted octanol–water partition coefficient (Wildman–Crippen LogP) is 3.10. The van der Waals surface area contributed by atoms with Crippen molar-refractivity contribution in [1.82, 2.24) is 0 Å². The molecule has 1 amide bonds. The first-order valence-corrected chi connectivity index (χ1v) is 8.31. The zero-order valence-electron chi connectivity index (χ0n) is 15.4. The standard InChI is InChI=1S/C21H18NO6/c1-25-16-7-8-18(19(10-16)26-2)13-3-5-15(6-4-13)27-12-14-9-17(11-23)28-20(14)21(22)24/h3-10H,12H2,1-2H3,(H2,22,24). The van der Waals surface area contributed by atoms with Gasteiger partial charge in [-0.05, 0) is 35.9 Å². The minimum absolute atomic E-state index is 0.0225. The maximum Gasteiger partial charge on any atom is 0.284 e. The number of hydrogen-bond acceptors (Lipinski definition) is 6. The van der Waals surface area contributed by atoms with Gasteiger partial charge in [-0.15, -0.1) is 0 Å². The lowest BCUT2D eigenvalue weighted by molar-refractivity contribution is 0.0970. The molecule has 28 heavy (non-hydrogen) atoms. The van der Waals surface area contributed by atoms with E-state index in [1.54, 1.807) is 32.6 Å². The van der Waals surface area contributed by atoms with E-state index in [0.29, 0.717) is 22.8 Å². The number of rotatable bonds is 8. The quantitative estimate of drug-likeness (QED) is 0.644. The van der Waals surface area contributed by atoms with Gasteiger partial charge in [-0.25, -0.2) is 0 Å². The Morgan fingerprint density at radius 3 is 2.36 bits per heavy atom. The monoisotopic (exact) mass is 380 g/mol. The fraction of sp³-hybridized carbons (Fsp3) is 0.143. The summed E-state index contributed by atoms with van der Waals surface area (Å²) in [5.74, 6) is 0.979. The van der Waals surface area contributed by atoms with Crippen LogP contribution in [0.3, 0.4) is 0 Å². The second kappa shape index (κ2) is 8.30. The van der Waals surface area contributed by atoms with Gasteiger partial charge in [0.25, 0.3) is 12.2 Å². The molecule has 7 nitrogen and oxygen atoms in total. The van der Waals surface area contributed by atoms with Crippen molar-refractivity contribution in [2.75, 3.05) is 14.2 Å². The molecule has 0 unspecified atom stereocenters. The van der Waals surface area contributed by atoms with Gasteiger partial charge >= 0.3 is 0 Å².